The Bertz CT molecular complexity index is 1260. The molecule has 0 spiro atoms. The number of amides is 3. The molecule has 2 aliphatic heterocycles. The van der Waals surface area contributed by atoms with Crippen molar-refractivity contribution in [1.29, 1.82) is 0 Å². The van der Waals surface area contributed by atoms with Gasteiger partial charge in [-0.25, -0.2) is 9.48 Å². The van der Waals surface area contributed by atoms with Crippen LogP contribution in [-0.4, -0.2) is 105 Å². The van der Waals surface area contributed by atoms with E-state index in [-0.39, 0.29) is 42.8 Å². The fourth-order valence-corrected chi connectivity index (χ4v) is 5.85. The summed E-state index contributed by atoms with van der Waals surface area (Å²) in [6.07, 6.45) is 1.95. The minimum absolute atomic E-state index is 0.0119. The molecule has 228 valence electrons. The smallest absolute Gasteiger partial charge is 0.410 e. The summed E-state index contributed by atoms with van der Waals surface area (Å²) in [5.41, 5.74) is 1.37. The monoisotopic (exact) mass is 580 g/mol. The molecule has 2 atom stereocenters. The molecule has 3 amide bonds. The number of ether oxygens (including phenoxy) is 2. The van der Waals surface area contributed by atoms with Crippen LogP contribution in [0.15, 0.2) is 30.3 Å². The molecule has 42 heavy (non-hydrogen) atoms. The van der Waals surface area contributed by atoms with Crippen molar-refractivity contribution in [2.75, 3.05) is 45.9 Å². The molecule has 0 radical (unpaired) electrons. The summed E-state index contributed by atoms with van der Waals surface area (Å²) in [6.45, 7) is 12.6. The number of likely N-dealkylation sites (tertiary alicyclic amines) is 1. The molecule has 2 saturated heterocycles. The average molecular weight is 581 g/mol. The molecule has 5 rings (SSSR count). The molecule has 3 heterocycles. The molecular formula is C31H44N6O5. The van der Waals surface area contributed by atoms with Gasteiger partial charge in [0.1, 0.15) is 5.60 Å². The fraction of sp³-hybridized carbons (Fsp3) is 0.645. The van der Waals surface area contributed by atoms with Gasteiger partial charge in [-0.2, -0.15) is 0 Å². The predicted octanol–water partition coefficient (Wildman–Crippen LogP) is 3.73. The van der Waals surface area contributed by atoms with Gasteiger partial charge < -0.3 is 24.2 Å². The highest BCUT2D eigenvalue weighted by Gasteiger charge is 2.43. The van der Waals surface area contributed by atoms with Crippen molar-refractivity contribution >= 4 is 17.9 Å². The molecule has 0 N–H and O–H groups in total. The van der Waals surface area contributed by atoms with Gasteiger partial charge in [-0.1, -0.05) is 37.3 Å². The first-order chi connectivity index (χ1) is 20.0. The number of para-hydroxylation sites is 1. The number of benzene rings is 1. The lowest BCUT2D eigenvalue weighted by molar-refractivity contribution is -0.142. The Morgan fingerprint density at radius 1 is 1.05 bits per heavy atom. The van der Waals surface area contributed by atoms with Gasteiger partial charge in [-0.3, -0.25) is 9.59 Å². The van der Waals surface area contributed by atoms with Crippen molar-refractivity contribution in [3.8, 4) is 5.69 Å². The Kier molecular flexibility index (Phi) is 8.86. The average Bonchev–Trinajstić information content (AvgIpc) is 3.72. The van der Waals surface area contributed by atoms with E-state index in [9.17, 15) is 14.4 Å². The standard InChI is InChI=1S/C31H44N6O5/c1-21(2)18-36(29(39)26-27(22-11-12-22)37(33-32-26)24-9-7-6-8-10-24)25-17-23(28(38)34-13-15-41-16-14-34)19-35(20-25)30(40)42-31(3,4)5/h6-10,21-23,25H,11-20H2,1-5H3/t23-,25+/m1/s1. The van der Waals surface area contributed by atoms with Crippen LogP contribution in [0.25, 0.3) is 5.69 Å². The van der Waals surface area contributed by atoms with Crippen molar-refractivity contribution in [2.45, 2.75) is 71.4 Å². The van der Waals surface area contributed by atoms with Gasteiger partial charge in [0.25, 0.3) is 5.91 Å². The van der Waals surface area contributed by atoms with Gasteiger partial charge in [0.2, 0.25) is 5.91 Å². The lowest BCUT2D eigenvalue weighted by Crippen LogP contribution is -2.58. The van der Waals surface area contributed by atoms with Crippen LogP contribution < -0.4 is 0 Å². The van der Waals surface area contributed by atoms with E-state index in [0.717, 1.165) is 24.2 Å². The SMILES string of the molecule is CC(C)CN(C(=O)c1nnn(-c2ccccc2)c1C1CC1)[C@H]1C[C@@H](C(=O)N2CCOCC2)CN(C(=O)OC(C)(C)C)C1. The summed E-state index contributed by atoms with van der Waals surface area (Å²) in [5.74, 6) is -0.295. The third-order valence-corrected chi connectivity index (χ3v) is 7.89. The second-order valence-corrected chi connectivity index (χ2v) is 13.1. The fourth-order valence-electron chi connectivity index (χ4n) is 5.85. The molecule has 1 aliphatic carbocycles. The van der Waals surface area contributed by atoms with Gasteiger partial charge in [-0.15, -0.1) is 5.10 Å². The van der Waals surface area contributed by atoms with Crippen LogP contribution in [0.5, 0.6) is 0 Å². The first-order valence-electron chi connectivity index (χ1n) is 15.2. The molecule has 3 aliphatic rings. The van der Waals surface area contributed by atoms with Gasteiger partial charge in [0.15, 0.2) is 5.69 Å². The predicted molar refractivity (Wildman–Crippen MR) is 156 cm³/mol. The number of carbonyl (C=O) groups excluding carboxylic acids is 3. The minimum Gasteiger partial charge on any atom is -0.444 e. The highest BCUT2D eigenvalue weighted by molar-refractivity contribution is 5.94. The first kappa shape index (κ1) is 30.0. The normalized spacial score (nSPS) is 21.4. The lowest BCUT2D eigenvalue weighted by Gasteiger charge is -2.44. The second kappa shape index (κ2) is 12.4. The number of hydrogen-bond acceptors (Lipinski definition) is 7. The van der Waals surface area contributed by atoms with Crippen LogP contribution in [0.1, 0.15) is 76.0 Å². The van der Waals surface area contributed by atoms with Crippen LogP contribution in [-0.2, 0) is 14.3 Å². The highest BCUT2D eigenvalue weighted by atomic mass is 16.6. The molecule has 1 aromatic carbocycles. The van der Waals surface area contributed by atoms with Crippen molar-refractivity contribution < 1.29 is 23.9 Å². The Labute approximate surface area is 248 Å². The third kappa shape index (κ3) is 6.94. The van der Waals surface area contributed by atoms with Gasteiger partial charge in [-0.05, 0) is 58.1 Å². The second-order valence-electron chi connectivity index (χ2n) is 13.1. The maximum atomic E-state index is 14.4. The molecule has 1 saturated carbocycles. The first-order valence-corrected chi connectivity index (χ1v) is 15.2. The molecule has 2 aromatic rings. The van der Waals surface area contributed by atoms with Crippen LogP contribution in [0.2, 0.25) is 0 Å². The zero-order valence-corrected chi connectivity index (χ0v) is 25.5. The zero-order chi connectivity index (χ0) is 30.0. The molecule has 0 unspecified atom stereocenters. The number of carbonyl (C=O) groups is 3. The molecule has 11 heteroatoms. The molecule has 11 nitrogen and oxygen atoms in total. The van der Waals surface area contributed by atoms with E-state index < -0.39 is 17.6 Å². The molecule has 3 fully saturated rings. The molecule has 1 aromatic heterocycles. The van der Waals surface area contributed by atoms with Crippen LogP contribution in [0.4, 0.5) is 4.79 Å². The summed E-state index contributed by atoms with van der Waals surface area (Å²) >= 11 is 0. The maximum absolute atomic E-state index is 14.4. The Morgan fingerprint density at radius 2 is 1.74 bits per heavy atom. The summed E-state index contributed by atoms with van der Waals surface area (Å²) < 4.78 is 13.0. The largest absolute Gasteiger partial charge is 0.444 e. The Balaban J connectivity index is 1.47. The summed E-state index contributed by atoms with van der Waals surface area (Å²) in [7, 11) is 0. The number of piperidine rings is 1. The maximum Gasteiger partial charge on any atom is 0.410 e. The van der Waals surface area contributed by atoms with E-state index in [1.807, 2.05) is 60.9 Å². The van der Waals surface area contributed by atoms with Crippen molar-refractivity contribution in [3.05, 3.63) is 41.7 Å². The third-order valence-electron chi connectivity index (χ3n) is 7.89. The van der Waals surface area contributed by atoms with E-state index in [0.29, 0.717) is 45.0 Å². The van der Waals surface area contributed by atoms with Crippen LogP contribution in [0.3, 0.4) is 0 Å². The number of aromatic nitrogens is 3. The van der Waals surface area contributed by atoms with Crippen molar-refractivity contribution in [1.82, 2.24) is 29.7 Å². The van der Waals surface area contributed by atoms with E-state index in [1.165, 1.54) is 0 Å². The number of nitrogens with zero attached hydrogens (tertiary/aromatic N) is 6. The number of rotatable bonds is 7. The molecular weight excluding hydrogens is 536 g/mol. The minimum atomic E-state index is -0.684. The summed E-state index contributed by atoms with van der Waals surface area (Å²) in [6, 6.07) is 9.37. The highest BCUT2D eigenvalue weighted by Crippen LogP contribution is 2.42. The summed E-state index contributed by atoms with van der Waals surface area (Å²) in [5, 5.41) is 8.86. The van der Waals surface area contributed by atoms with E-state index in [1.54, 1.807) is 9.58 Å². The Hall–Kier alpha value is -3.47. The topological polar surface area (TPSA) is 110 Å². The van der Waals surface area contributed by atoms with E-state index in [4.69, 9.17) is 9.47 Å². The lowest BCUT2D eigenvalue weighted by atomic mass is 9.91. The van der Waals surface area contributed by atoms with E-state index >= 15 is 0 Å². The van der Waals surface area contributed by atoms with Crippen LogP contribution >= 0.6 is 0 Å². The van der Waals surface area contributed by atoms with Crippen molar-refractivity contribution in [3.63, 3.8) is 0 Å². The van der Waals surface area contributed by atoms with Gasteiger partial charge in [0, 0.05) is 38.6 Å². The zero-order valence-electron chi connectivity index (χ0n) is 25.5. The summed E-state index contributed by atoms with van der Waals surface area (Å²) in [4.78, 5) is 46.7. The van der Waals surface area contributed by atoms with Gasteiger partial charge >= 0.3 is 6.09 Å². The Morgan fingerprint density at radius 3 is 2.36 bits per heavy atom. The number of morpholine rings is 1. The molecule has 0 bridgehead atoms. The number of hydrogen-bond donors (Lipinski definition) is 0. The van der Waals surface area contributed by atoms with E-state index in [2.05, 4.69) is 24.2 Å². The quantitative estimate of drug-likeness (QED) is 0.491. The van der Waals surface area contributed by atoms with Crippen molar-refractivity contribution in [2.24, 2.45) is 11.8 Å². The van der Waals surface area contributed by atoms with Gasteiger partial charge in [0.05, 0.1) is 36.6 Å². The van der Waals surface area contributed by atoms with Crippen LogP contribution in [0, 0.1) is 11.8 Å².